The summed E-state index contributed by atoms with van der Waals surface area (Å²) in [5, 5.41) is 12.1. The molecule has 44 heavy (non-hydrogen) atoms. The second-order valence-corrected chi connectivity index (χ2v) is 12.2. The predicted octanol–water partition coefficient (Wildman–Crippen LogP) is 4.33. The highest BCUT2D eigenvalue weighted by Gasteiger charge is 2.78. The Morgan fingerprint density at radius 3 is 2.39 bits per heavy atom. The van der Waals surface area contributed by atoms with E-state index in [9.17, 15) is 19.5 Å². The molecule has 3 saturated heterocycles. The number of ether oxygens (including phenoxy) is 1. The van der Waals surface area contributed by atoms with Crippen molar-refractivity contribution in [2.75, 3.05) is 31.1 Å². The van der Waals surface area contributed by atoms with Gasteiger partial charge in [0.25, 0.3) is 5.91 Å². The predicted molar refractivity (Wildman–Crippen MR) is 170 cm³/mol. The Kier molecular flexibility index (Phi) is 7.90. The van der Waals surface area contributed by atoms with Gasteiger partial charge in [-0.1, -0.05) is 72.8 Å². The highest BCUT2D eigenvalue weighted by molar-refractivity contribution is 6.06. The molecule has 8 nitrogen and oxygen atoms in total. The molecule has 0 radical (unpaired) electrons. The minimum absolute atomic E-state index is 0.0332. The fourth-order valence-corrected chi connectivity index (χ4v) is 7.76. The Morgan fingerprint density at radius 1 is 0.977 bits per heavy atom. The van der Waals surface area contributed by atoms with E-state index >= 15 is 0 Å². The molecule has 3 heterocycles. The van der Waals surface area contributed by atoms with Crippen molar-refractivity contribution in [3.05, 3.63) is 104 Å². The molecule has 3 aromatic carbocycles. The maximum atomic E-state index is 14.7. The van der Waals surface area contributed by atoms with E-state index in [1.807, 2.05) is 79.7 Å². The molecule has 3 fully saturated rings. The van der Waals surface area contributed by atoms with Crippen molar-refractivity contribution in [2.45, 2.75) is 43.6 Å². The average Bonchev–Trinajstić information content (AvgIpc) is 3.60. The number of amides is 3. The van der Waals surface area contributed by atoms with E-state index in [2.05, 4.69) is 13.2 Å². The molecule has 8 heteroatoms. The van der Waals surface area contributed by atoms with Crippen LogP contribution < -0.4 is 4.90 Å². The molecule has 0 saturated carbocycles. The summed E-state index contributed by atoms with van der Waals surface area (Å²) in [6.07, 6.45) is 4.34. The molecule has 6 rings (SSSR count). The molecule has 1 spiro atoms. The first-order valence-electron chi connectivity index (χ1n) is 15.2. The first-order chi connectivity index (χ1) is 21.3. The van der Waals surface area contributed by atoms with Crippen molar-refractivity contribution in [2.24, 2.45) is 11.8 Å². The summed E-state index contributed by atoms with van der Waals surface area (Å²) in [5.41, 5.74) is -0.462. The van der Waals surface area contributed by atoms with Gasteiger partial charge in [0.05, 0.1) is 24.0 Å². The largest absolute Gasteiger partial charge is 0.395 e. The molecule has 1 N–H and O–H groups in total. The zero-order chi connectivity index (χ0) is 31.1. The number of hydrogen-bond acceptors (Lipinski definition) is 5. The number of nitrogens with zero attached hydrogens (tertiary/aromatic N) is 3. The van der Waals surface area contributed by atoms with Crippen LogP contribution in [-0.4, -0.2) is 76.1 Å². The van der Waals surface area contributed by atoms with E-state index < -0.39 is 29.1 Å². The molecular weight excluding hydrogens is 554 g/mol. The molecule has 0 aromatic heterocycles. The van der Waals surface area contributed by atoms with E-state index in [-0.39, 0.29) is 37.4 Å². The summed E-state index contributed by atoms with van der Waals surface area (Å²) in [7, 11) is 0. The van der Waals surface area contributed by atoms with E-state index in [1.165, 1.54) is 4.90 Å². The van der Waals surface area contributed by atoms with Crippen LogP contribution >= 0.6 is 0 Å². The summed E-state index contributed by atoms with van der Waals surface area (Å²) in [6.45, 7) is 10.2. The van der Waals surface area contributed by atoms with E-state index in [0.29, 0.717) is 31.6 Å². The lowest BCUT2D eigenvalue weighted by Gasteiger charge is -2.37. The Morgan fingerprint density at radius 2 is 1.68 bits per heavy atom. The number of carbonyl (C=O) groups is 3. The Bertz CT molecular complexity index is 1610. The van der Waals surface area contributed by atoms with E-state index in [4.69, 9.17) is 4.74 Å². The van der Waals surface area contributed by atoms with Crippen LogP contribution in [0.5, 0.6) is 0 Å². The topological polar surface area (TPSA) is 90.4 Å². The molecule has 3 aliphatic rings. The number of likely N-dealkylation sites (tertiary alicyclic amines) is 1. The van der Waals surface area contributed by atoms with Crippen LogP contribution in [0.4, 0.5) is 5.69 Å². The fraction of sp³-hybridized carbons (Fsp3) is 0.361. The Labute approximate surface area is 258 Å². The van der Waals surface area contributed by atoms with Gasteiger partial charge in [-0.25, -0.2) is 0 Å². The number of hydrogen-bond donors (Lipinski definition) is 1. The number of rotatable bonds is 11. The summed E-state index contributed by atoms with van der Waals surface area (Å²) in [5.74, 6) is -2.45. The molecule has 228 valence electrons. The number of aliphatic hydroxyl groups is 1. The van der Waals surface area contributed by atoms with Crippen molar-refractivity contribution >= 4 is 34.2 Å². The molecule has 5 atom stereocenters. The summed E-state index contributed by atoms with van der Waals surface area (Å²) >= 11 is 0. The Balaban J connectivity index is 1.39. The Hall–Kier alpha value is -4.27. The maximum Gasteiger partial charge on any atom is 0.253 e. The van der Waals surface area contributed by atoms with Crippen LogP contribution in [0.25, 0.3) is 10.8 Å². The number of carbonyl (C=O) groups excluding carboxylic acids is 3. The van der Waals surface area contributed by atoms with E-state index in [0.717, 1.165) is 16.3 Å². The number of β-amino-alcohol motifs (C(OH)–C–C–N with tert-alkyl or cyclic N) is 1. The minimum Gasteiger partial charge on any atom is -0.395 e. The van der Waals surface area contributed by atoms with Crippen LogP contribution in [0, 0.1) is 11.8 Å². The van der Waals surface area contributed by atoms with Crippen LogP contribution in [-0.2, 0) is 25.7 Å². The van der Waals surface area contributed by atoms with Gasteiger partial charge in [-0.15, -0.1) is 13.2 Å². The van der Waals surface area contributed by atoms with Crippen molar-refractivity contribution in [3.63, 3.8) is 0 Å². The van der Waals surface area contributed by atoms with Crippen LogP contribution in [0.2, 0.25) is 0 Å². The lowest BCUT2D eigenvalue weighted by molar-refractivity contribution is -0.150. The highest BCUT2D eigenvalue weighted by atomic mass is 16.5. The van der Waals surface area contributed by atoms with Crippen molar-refractivity contribution in [3.8, 4) is 0 Å². The highest BCUT2D eigenvalue weighted by Crippen LogP contribution is 2.63. The first-order valence-corrected chi connectivity index (χ1v) is 15.2. The van der Waals surface area contributed by atoms with Gasteiger partial charge in [0, 0.05) is 31.9 Å². The number of benzene rings is 3. The van der Waals surface area contributed by atoms with Crippen molar-refractivity contribution < 1.29 is 24.2 Å². The monoisotopic (exact) mass is 593 g/mol. The summed E-state index contributed by atoms with van der Waals surface area (Å²) in [6, 6.07) is 22.4. The van der Waals surface area contributed by atoms with Crippen molar-refractivity contribution in [1.29, 1.82) is 0 Å². The van der Waals surface area contributed by atoms with Gasteiger partial charge in [0.15, 0.2) is 0 Å². The quantitative estimate of drug-likeness (QED) is 0.335. The zero-order valence-electron chi connectivity index (χ0n) is 25.1. The molecular formula is C36H39N3O5. The molecule has 2 bridgehead atoms. The second kappa shape index (κ2) is 11.7. The van der Waals surface area contributed by atoms with Gasteiger partial charge in [-0.3, -0.25) is 14.4 Å². The number of fused-ring (bicyclic) bond motifs is 2. The smallest absolute Gasteiger partial charge is 0.253 e. The molecule has 2 unspecified atom stereocenters. The van der Waals surface area contributed by atoms with Crippen LogP contribution in [0.3, 0.4) is 0 Å². The SMILES string of the molecule is C=CCN(Cc1ccccc1)C(=O)[C@H]1[C@H]2C(=O)N(CCO)C(C(=O)N(CC=C)c3ccc4ccccc4c3)C23CC[C@]1(C)O3. The third-order valence-electron chi connectivity index (χ3n) is 9.62. The van der Waals surface area contributed by atoms with Gasteiger partial charge in [0.2, 0.25) is 11.8 Å². The fourth-order valence-electron chi connectivity index (χ4n) is 7.76. The average molecular weight is 594 g/mol. The maximum absolute atomic E-state index is 14.7. The molecule has 3 amide bonds. The molecule has 0 aliphatic carbocycles. The van der Waals surface area contributed by atoms with Crippen LogP contribution in [0.1, 0.15) is 25.3 Å². The lowest BCUT2D eigenvalue weighted by atomic mass is 9.66. The van der Waals surface area contributed by atoms with E-state index in [1.54, 1.807) is 22.0 Å². The third-order valence-corrected chi connectivity index (χ3v) is 9.62. The summed E-state index contributed by atoms with van der Waals surface area (Å²) in [4.78, 5) is 48.2. The van der Waals surface area contributed by atoms with Gasteiger partial charge in [-0.05, 0) is 48.2 Å². The van der Waals surface area contributed by atoms with Gasteiger partial charge in [0.1, 0.15) is 11.6 Å². The lowest BCUT2D eigenvalue weighted by Crippen LogP contribution is -2.57. The van der Waals surface area contributed by atoms with Gasteiger partial charge in [-0.2, -0.15) is 0 Å². The summed E-state index contributed by atoms with van der Waals surface area (Å²) < 4.78 is 6.81. The zero-order valence-corrected chi connectivity index (χ0v) is 25.1. The first kappa shape index (κ1) is 29.8. The van der Waals surface area contributed by atoms with Crippen LogP contribution in [0.15, 0.2) is 98.1 Å². The minimum atomic E-state index is -1.19. The number of anilines is 1. The van der Waals surface area contributed by atoms with Gasteiger partial charge >= 0.3 is 0 Å². The second-order valence-electron chi connectivity index (χ2n) is 12.2. The normalized spacial score (nSPS) is 26.9. The number of aliphatic hydroxyl groups excluding tert-OH is 1. The van der Waals surface area contributed by atoms with Gasteiger partial charge < -0.3 is 24.5 Å². The molecule has 3 aromatic rings. The molecule has 3 aliphatic heterocycles. The van der Waals surface area contributed by atoms with Crippen molar-refractivity contribution in [1.82, 2.24) is 9.80 Å². The third kappa shape index (κ3) is 4.73. The standard InChI is InChI=1S/C36H39N3O5/c1-4-19-37(24-25-11-7-6-8-12-25)32(41)29-30-33(42)39(21-22-40)31(36(30)18-17-35(29,3)44-36)34(43)38(20-5-2)28-16-15-26-13-9-10-14-27(26)23-28/h4-16,23,29-31,40H,1-2,17-22,24H2,3H3/t29-,30+,31?,35+,36?/m1/s1.